The van der Waals surface area contributed by atoms with Gasteiger partial charge in [-0.2, -0.15) is 0 Å². The molecule has 0 bridgehead atoms. The lowest BCUT2D eigenvalue weighted by molar-refractivity contribution is -0.152. The third kappa shape index (κ3) is 18.8. The van der Waals surface area contributed by atoms with Gasteiger partial charge in [0.25, 0.3) is 11.8 Å². The van der Waals surface area contributed by atoms with Crippen LogP contribution in [-0.2, 0) is 64.3 Å². The second-order valence-electron chi connectivity index (χ2n) is 27.0. The fourth-order valence-electron chi connectivity index (χ4n) is 14.2. The predicted octanol–water partition coefficient (Wildman–Crippen LogP) is 11.0. The van der Waals surface area contributed by atoms with E-state index in [4.69, 9.17) is 43.4 Å². The van der Waals surface area contributed by atoms with Gasteiger partial charge in [-0.3, -0.25) is 58.6 Å². The molecule has 14 rings (SSSR count). The third-order valence-electron chi connectivity index (χ3n) is 19.8. The molecule has 8 heterocycles. The number of hydrogen-bond acceptors (Lipinski definition) is 21. The Kier molecular flexibility index (Phi) is 25.0. The number of carbonyl (C=O) groups is 10. The smallest absolute Gasteiger partial charge is 0.310 e. The zero-order chi connectivity index (χ0) is 76.9. The number of amides is 9. The Balaban J connectivity index is 0.000000169. The molecule has 9 amide bonds. The van der Waals surface area contributed by atoms with Gasteiger partial charge in [-0.25, -0.2) is 28.7 Å². The van der Waals surface area contributed by atoms with Gasteiger partial charge in [0.15, 0.2) is 33.4 Å². The maximum absolute atomic E-state index is 14.6. The number of halogens is 4. The first-order valence-electron chi connectivity index (χ1n) is 35.4. The Morgan fingerprint density at radius 2 is 1.01 bits per heavy atom. The van der Waals surface area contributed by atoms with Crippen molar-refractivity contribution in [1.82, 2.24) is 45.7 Å². The van der Waals surface area contributed by atoms with E-state index in [1.165, 1.54) is 56.7 Å². The Morgan fingerprint density at radius 3 is 1.44 bits per heavy atom. The summed E-state index contributed by atoms with van der Waals surface area (Å²) in [5.41, 5.74) is 8.05. The number of carboxylic acid groups (broad SMARTS) is 1. The molecule has 4 aromatic heterocycles. The van der Waals surface area contributed by atoms with Gasteiger partial charge < -0.3 is 56.7 Å². The zero-order valence-corrected chi connectivity index (χ0v) is 61.7. The van der Waals surface area contributed by atoms with Crippen LogP contribution in [0.2, 0.25) is 10.0 Å². The largest absolute Gasteiger partial charge is 0.487 e. The Hall–Kier alpha value is -10.9. The van der Waals surface area contributed by atoms with E-state index in [2.05, 4.69) is 52.2 Å². The monoisotopic (exact) mass is 1560 g/mol. The van der Waals surface area contributed by atoms with Crippen molar-refractivity contribution in [3.8, 4) is 11.5 Å². The summed E-state index contributed by atoms with van der Waals surface area (Å²) in [6, 6.07) is 28.9. The molecule has 0 spiro atoms. The lowest BCUT2D eigenvalue weighted by atomic mass is 9.69. The van der Waals surface area contributed by atoms with Crippen molar-refractivity contribution < 1.29 is 71.3 Å². The molecular formula is C76H76Cl2F2N14O13S2. The van der Waals surface area contributed by atoms with E-state index in [1.54, 1.807) is 60.9 Å². The average molecular weight is 1570 g/mol. The van der Waals surface area contributed by atoms with Crippen molar-refractivity contribution >= 4 is 138 Å². The normalized spacial score (nSPS) is 20.7. The highest BCUT2D eigenvalue weighted by molar-refractivity contribution is 7.14. The van der Waals surface area contributed by atoms with Crippen LogP contribution in [0.3, 0.4) is 0 Å². The van der Waals surface area contributed by atoms with Crippen LogP contribution in [0.1, 0.15) is 133 Å². The number of fused-ring (bicyclic) bond motifs is 2. The summed E-state index contributed by atoms with van der Waals surface area (Å²) in [6.45, 7) is 0.622. The number of aliphatic carboxylic acids is 1. The van der Waals surface area contributed by atoms with Crippen LogP contribution in [-0.4, -0.2) is 131 Å². The van der Waals surface area contributed by atoms with Crippen LogP contribution < -0.4 is 52.4 Å². The van der Waals surface area contributed by atoms with Crippen molar-refractivity contribution in [2.75, 3.05) is 34.4 Å². The number of nitrogens with two attached hydrogens (primary N) is 1. The molecular weight excluding hydrogens is 1490 g/mol. The van der Waals surface area contributed by atoms with Crippen LogP contribution in [0.15, 0.2) is 132 Å². The summed E-state index contributed by atoms with van der Waals surface area (Å²) in [7, 11) is 0. The summed E-state index contributed by atoms with van der Waals surface area (Å²) in [5.74, 6) is -3.78. The zero-order valence-electron chi connectivity index (χ0n) is 58.6. The molecule has 109 heavy (non-hydrogen) atoms. The van der Waals surface area contributed by atoms with Crippen LogP contribution in [0, 0.1) is 22.5 Å². The minimum atomic E-state index is -0.931. The SMILES string of the molecule is NCCC(=O)Nc1cccc2c1CN(C1CCC(=O)NC1=O)C2=O.O=C(O)C1(Cc2cccc(Nc3nccs3)n2)CCC(Oc2cccc(Cl)c2F)CC1.O=C1CCC(N2Cc3c(NC(=O)CCNC(=O)C4(Cc5cccc(Nc6nccs6)n5)CCC(Oc5cccc(Cl)c5F)CC4)cccc3C2=O)C(=O)N1. The molecule has 4 aromatic carbocycles. The average Bonchev–Trinajstić information content (AvgIpc) is 1.57. The number of carboxylic acids is 1. The summed E-state index contributed by atoms with van der Waals surface area (Å²) in [6.07, 6.45) is 8.13. The Bertz CT molecular complexity index is 4760. The molecule has 6 aliphatic rings. The molecule has 2 aliphatic carbocycles. The number of ether oxygens (including phenoxy) is 2. The van der Waals surface area contributed by atoms with E-state index in [-0.39, 0.29) is 133 Å². The number of benzene rings is 4. The standard InChI is InChI=1S/C38H37ClFN7O6S.C22H21ClFN3O3S.C16H18N4O4/c39-26-6-3-8-29(33(26)40)53-23-12-15-38(16-13-23,20-22-4-1-9-30(43-22)45-37-42-18-19-54-37)36(52)41-17-14-32(49)44-27-7-2-5-24-25(27)21-47(35(24)51)28-10-11-31(48)46-34(28)50;23-16-4-2-5-17(19(16)24)30-15-7-9-22(10-8-15,20(28)29)13-14-3-1-6-18(26-14)27-21-25-11-12-31-21;17-7-6-14(22)18-11-3-1-2-9-10(11)8-20(16(9)24)12-4-5-13(21)19-15(12)23/h1-9,18-19,23,28H,10-17,20-21H2,(H,41,52)(H,44,49)(H,42,43,45)(H,46,48,50);1-6,11-12,15H,7-10,13H2,(H,28,29)(H,25,26,27);1-3,12H,4-8,17H2,(H,18,22)(H,19,21,23). The maximum atomic E-state index is 14.6. The first-order valence-corrected chi connectivity index (χ1v) is 37.9. The molecule has 27 nitrogen and oxygen atoms in total. The molecule has 8 aromatic rings. The quantitative estimate of drug-likeness (QED) is 0.0269. The van der Waals surface area contributed by atoms with Gasteiger partial charge in [-0.05, 0) is 137 Å². The lowest BCUT2D eigenvalue weighted by Gasteiger charge is -2.39. The fourth-order valence-corrected chi connectivity index (χ4v) is 15.6. The van der Waals surface area contributed by atoms with Crippen molar-refractivity contribution in [2.45, 2.75) is 140 Å². The first-order chi connectivity index (χ1) is 52.5. The number of carbonyl (C=O) groups excluding carboxylic acids is 9. The number of rotatable bonds is 23. The van der Waals surface area contributed by atoms with Gasteiger partial charge >= 0.3 is 5.97 Å². The number of anilines is 6. The van der Waals surface area contributed by atoms with E-state index in [0.717, 1.165) is 5.13 Å². The minimum Gasteiger partial charge on any atom is -0.487 e. The van der Waals surface area contributed by atoms with Crippen LogP contribution in [0.4, 0.5) is 42.1 Å². The number of hydrogen-bond donors (Lipinski definition) is 9. The Labute approximate surface area is 641 Å². The molecule has 10 N–H and O–H groups in total. The van der Waals surface area contributed by atoms with Gasteiger partial charge in [-0.1, -0.05) is 59.6 Å². The van der Waals surface area contributed by atoms with Gasteiger partial charge in [0.1, 0.15) is 23.7 Å². The summed E-state index contributed by atoms with van der Waals surface area (Å²) >= 11 is 14.7. The van der Waals surface area contributed by atoms with E-state index < -0.39 is 52.3 Å². The molecule has 2 saturated carbocycles. The number of nitrogens with one attached hydrogen (secondary N) is 7. The van der Waals surface area contributed by atoms with E-state index in [9.17, 15) is 61.8 Å². The van der Waals surface area contributed by atoms with Crippen molar-refractivity contribution in [3.05, 3.63) is 188 Å². The molecule has 2 unspecified atom stereocenters. The fraction of sp³-hybridized carbons (Fsp3) is 0.342. The molecule has 33 heteroatoms. The molecule has 4 fully saturated rings. The number of pyridine rings is 2. The van der Waals surface area contributed by atoms with E-state index in [0.29, 0.717) is 132 Å². The summed E-state index contributed by atoms with van der Waals surface area (Å²) in [5, 5.41) is 34.6. The van der Waals surface area contributed by atoms with Crippen molar-refractivity contribution in [1.29, 1.82) is 0 Å². The molecule has 4 aliphatic heterocycles. The topological polar surface area (TPSA) is 378 Å². The number of piperidine rings is 2. The van der Waals surface area contributed by atoms with Gasteiger partial charge in [0.05, 0.1) is 33.1 Å². The second kappa shape index (κ2) is 35.0. The maximum Gasteiger partial charge on any atom is 0.310 e. The number of thiazole rings is 2. The molecule has 568 valence electrons. The van der Waals surface area contributed by atoms with Crippen LogP contribution >= 0.6 is 45.9 Å². The first kappa shape index (κ1) is 77.7. The molecule has 2 saturated heterocycles. The molecule has 0 radical (unpaired) electrons. The number of imide groups is 2. The highest BCUT2D eigenvalue weighted by Gasteiger charge is 2.46. The number of nitrogens with zero attached hydrogens (tertiary/aromatic N) is 6. The molecule has 2 atom stereocenters. The summed E-state index contributed by atoms with van der Waals surface area (Å²) < 4.78 is 40.5. The van der Waals surface area contributed by atoms with E-state index in [1.807, 2.05) is 47.2 Å². The van der Waals surface area contributed by atoms with Gasteiger partial charge in [-0.15, -0.1) is 22.7 Å². The van der Waals surface area contributed by atoms with E-state index >= 15 is 0 Å². The predicted molar refractivity (Wildman–Crippen MR) is 401 cm³/mol. The minimum absolute atomic E-state index is 0.00510. The highest BCUT2D eigenvalue weighted by Crippen LogP contribution is 2.44. The van der Waals surface area contributed by atoms with Crippen LogP contribution in [0.5, 0.6) is 11.5 Å². The summed E-state index contributed by atoms with van der Waals surface area (Å²) in [4.78, 5) is 145. The highest BCUT2D eigenvalue weighted by atomic mass is 35.5. The number of aromatic nitrogens is 4. The van der Waals surface area contributed by atoms with Crippen LogP contribution in [0.25, 0.3) is 0 Å². The van der Waals surface area contributed by atoms with Gasteiger partial charge in [0, 0.05) is 133 Å². The third-order valence-corrected chi connectivity index (χ3v) is 21.8. The second-order valence-corrected chi connectivity index (χ2v) is 29.6. The van der Waals surface area contributed by atoms with Crippen molar-refractivity contribution in [2.24, 2.45) is 16.6 Å². The lowest BCUT2D eigenvalue weighted by Crippen LogP contribution is -2.52. The Morgan fingerprint density at radius 1 is 0.578 bits per heavy atom. The van der Waals surface area contributed by atoms with Gasteiger partial charge in [0.2, 0.25) is 41.4 Å². The van der Waals surface area contributed by atoms with Crippen molar-refractivity contribution in [3.63, 3.8) is 0 Å².